The minimum Gasteiger partial charge on any atom is -0.479 e. The first kappa shape index (κ1) is 88.9. The number of ether oxygens (including phenoxy) is 1. The van der Waals surface area contributed by atoms with E-state index in [9.17, 15) is 53.4 Å². The predicted octanol–water partition coefficient (Wildman–Crippen LogP) is 4.23. The van der Waals surface area contributed by atoms with E-state index in [0.29, 0.717) is 43.5 Å². The number of nitrogens with one attached hydrogen (secondary N) is 5. The molecule has 98 heavy (non-hydrogen) atoms. The van der Waals surface area contributed by atoms with E-state index in [0.717, 1.165) is 21.7 Å². The molecule has 0 aromatic rings. The number of likely N-dealkylation sites (N-methyl/N-ethyl adjacent to an activating group) is 7. The van der Waals surface area contributed by atoms with Gasteiger partial charge in [0.1, 0.15) is 66.0 Å². The summed E-state index contributed by atoms with van der Waals surface area (Å²) in [5.41, 5.74) is -0.675. The molecule has 1 fully saturated rings. The van der Waals surface area contributed by atoms with Crippen LogP contribution in [-0.4, -0.2) is 256 Å². The minimum absolute atomic E-state index is 0.0606. The molecule has 0 aromatic carbocycles. The van der Waals surface area contributed by atoms with Gasteiger partial charge in [-0.1, -0.05) is 116 Å². The molecule has 7 N–H and O–H groups in total. The Hall–Kier alpha value is -7.13. The smallest absolute Gasteiger partial charge is 0.407 e. The summed E-state index contributed by atoms with van der Waals surface area (Å²) in [7, 11) is 9.13. The molecule has 0 aliphatic carbocycles. The SMILES string of the molecule is CC[C@H]1NC(=O)[C@H]([C@H](O)[C@H](C)CCCCCCNC(=O)OC(C)(C)C)N(C)C(=O)[C@@H](C(C)C)N(C)C(=O)[C@@H](CC(C)C)N(C)C(=O)[C@H](CC(C)C)N(C)C(=O)[C@H](C)NC(=O)[C@@H](C)NC(=O)[C@@H](CC(C)C)N(C)C(=O)[C@@H](C(C)C)NC(=O)[C@H](CC(C)C)N(C)C(=O)[C@@H](C(=O)O)N(C)C1=O. The Morgan fingerprint density at radius 2 is 0.888 bits per heavy atom. The largest absolute Gasteiger partial charge is 0.479 e. The van der Waals surface area contributed by atoms with E-state index in [1.54, 1.807) is 69.2 Å². The first-order chi connectivity index (χ1) is 45.1. The highest BCUT2D eigenvalue weighted by Gasteiger charge is 2.47. The van der Waals surface area contributed by atoms with Gasteiger partial charge in [0.05, 0.1) is 6.10 Å². The van der Waals surface area contributed by atoms with Crippen molar-refractivity contribution in [3.05, 3.63) is 0 Å². The number of aliphatic carboxylic acids is 1. The van der Waals surface area contributed by atoms with Gasteiger partial charge < -0.3 is 75.8 Å². The van der Waals surface area contributed by atoms with E-state index >= 15 is 19.2 Å². The third-order valence-corrected chi connectivity index (χ3v) is 18.0. The van der Waals surface area contributed by atoms with Crippen molar-refractivity contribution >= 4 is 77.0 Å². The average Bonchev–Trinajstić information content (AvgIpc) is 0.807. The number of aliphatic hydroxyl groups is 1. The van der Waals surface area contributed by atoms with E-state index in [2.05, 4.69) is 26.6 Å². The number of hydrogen-bond acceptors (Lipinski definition) is 15. The van der Waals surface area contributed by atoms with Crippen molar-refractivity contribution in [1.82, 2.24) is 60.9 Å². The van der Waals surface area contributed by atoms with Crippen LogP contribution in [0.5, 0.6) is 0 Å². The summed E-state index contributed by atoms with van der Waals surface area (Å²) in [6, 6.07) is -16.0. The number of carbonyl (C=O) groups excluding carboxylic acids is 12. The number of amides is 12. The van der Waals surface area contributed by atoms with Crippen LogP contribution in [-0.2, 0) is 62.3 Å². The molecular weight excluding hydrogens is 1260 g/mol. The molecule has 1 rings (SSSR count). The lowest BCUT2D eigenvalue weighted by Crippen LogP contribution is -2.64. The molecule has 1 saturated heterocycles. The van der Waals surface area contributed by atoms with Crippen molar-refractivity contribution in [3.63, 3.8) is 0 Å². The Labute approximate surface area is 584 Å². The Morgan fingerprint density at radius 3 is 1.34 bits per heavy atom. The average molecular weight is 1390 g/mol. The molecular formula is C70H126N12O16. The second-order valence-corrected chi connectivity index (χ2v) is 30.4. The lowest BCUT2D eigenvalue weighted by Gasteiger charge is -2.41. The maximum Gasteiger partial charge on any atom is 0.407 e. The van der Waals surface area contributed by atoms with Crippen LogP contribution >= 0.6 is 0 Å². The minimum atomic E-state index is -2.30. The summed E-state index contributed by atoms with van der Waals surface area (Å²) < 4.78 is 5.32. The molecule has 0 saturated carbocycles. The summed E-state index contributed by atoms with van der Waals surface area (Å²) in [4.78, 5) is 196. The first-order valence-electron chi connectivity index (χ1n) is 35.1. The van der Waals surface area contributed by atoms with Gasteiger partial charge in [-0.05, 0) is 121 Å². The summed E-state index contributed by atoms with van der Waals surface area (Å²) in [5, 5.41) is 36.8. The molecule has 1 aliphatic rings. The van der Waals surface area contributed by atoms with E-state index in [-0.39, 0.29) is 55.8 Å². The van der Waals surface area contributed by atoms with Gasteiger partial charge in [0.25, 0.3) is 5.91 Å². The van der Waals surface area contributed by atoms with E-state index in [1.165, 1.54) is 77.8 Å². The fourth-order valence-corrected chi connectivity index (χ4v) is 12.1. The van der Waals surface area contributed by atoms with E-state index in [1.807, 2.05) is 41.5 Å². The van der Waals surface area contributed by atoms with Gasteiger partial charge in [-0.25, -0.2) is 9.59 Å². The van der Waals surface area contributed by atoms with Gasteiger partial charge in [0, 0.05) is 55.9 Å². The van der Waals surface area contributed by atoms with Gasteiger partial charge in [-0.15, -0.1) is 0 Å². The Bertz CT molecular complexity index is 2720. The Morgan fingerprint density at radius 1 is 0.469 bits per heavy atom. The quantitative estimate of drug-likeness (QED) is 0.0624. The van der Waals surface area contributed by atoms with Crippen LogP contribution in [0, 0.1) is 41.4 Å². The number of carboxylic acid groups (broad SMARTS) is 1. The zero-order valence-corrected chi connectivity index (χ0v) is 64.0. The number of carboxylic acids is 1. The standard InChI is InChI=1S/C70H126N12O16/c1-27-47-62(89)82(26)55(68(95)96)67(94)77(21)49(35-39(4)5)59(86)75-52(42(10)11)65(92)76(20)48(34-38(2)3)58(85)72-45(15)57(84)73-46(16)61(88)78(22)50(36-40(6)7)63(90)79(23)51(37-41(8)9)64(91)80(24)53(43(12)13)66(93)81(25)54(60(87)74-47)56(83)44(14)32-30-28-29-31-33-71-69(97)98-70(17,18)19/h38-56,83H,27-37H2,1-26H3,(H,71,97)(H,72,85)(H,73,84)(H,74,87)(H,75,86)(H,95,96)/t44-,45-,46+,47-,48-,49+,50+,51-,52-,53-,54+,55+,56-/m1/s1. The molecule has 28 nitrogen and oxygen atoms in total. The number of unbranched alkanes of at least 4 members (excludes halogenated alkanes) is 3. The summed E-state index contributed by atoms with van der Waals surface area (Å²) in [5.74, 6) is -13.9. The molecule has 1 aliphatic heterocycles. The van der Waals surface area contributed by atoms with Crippen molar-refractivity contribution in [2.24, 2.45) is 41.4 Å². The molecule has 12 amide bonds. The summed E-state index contributed by atoms with van der Waals surface area (Å²) >= 11 is 0. The Balaban J connectivity index is 4.41. The van der Waals surface area contributed by atoms with E-state index < -0.39 is 173 Å². The lowest BCUT2D eigenvalue weighted by molar-refractivity contribution is -0.160. The molecule has 0 aromatic heterocycles. The molecule has 562 valence electrons. The topological polar surface area (TPSA) is 354 Å². The van der Waals surface area contributed by atoms with Crippen LogP contribution in [0.4, 0.5) is 4.79 Å². The third-order valence-electron chi connectivity index (χ3n) is 18.0. The number of rotatable bonds is 21. The van der Waals surface area contributed by atoms with Crippen LogP contribution < -0.4 is 26.6 Å². The van der Waals surface area contributed by atoms with Crippen molar-refractivity contribution in [2.75, 3.05) is 55.9 Å². The van der Waals surface area contributed by atoms with Crippen molar-refractivity contribution in [3.8, 4) is 0 Å². The third kappa shape index (κ3) is 26.2. The van der Waals surface area contributed by atoms with Crippen LogP contribution in [0.1, 0.15) is 196 Å². The van der Waals surface area contributed by atoms with Gasteiger partial charge in [0.15, 0.2) is 0 Å². The number of alkyl carbamates (subject to hydrolysis) is 1. The van der Waals surface area contributed by atoms with Crippen LogP contribution in [0.2, 0.25) is 0 Å². The number of hydrogen-bond donors (Lipinski definition) is 7. The zero-order valence-electron chi connectivity index (χ0n) is 64.0. The van der Waals surface area contributed by atoms with Crippen molar-refractivity contribution in [1.29, 1.82) is 0 Å². The van der Waals surface area contributed by atoms with Gasteiger partial charge in [0.2, 0.25) is 65.1 Å². The molecule has 28 heteroatoms. The highest BCUT2D eigenvalue weighted by Crippen LogP contribution is 2.27. The van der Waals surface area contributed by atoms with Gasteiger partial charge in [-0.2, -0.15) is 0 Å². The van der Waals surface area contributed by atoms with E-state index in [4.69, 9.17) is 4.74 Å². The van der Waals surface area contributed by atoms with Gasteiger partial charge in [-0.3, -0.25) is 52.7 Å². The monoisotopic (exact) mass is 1390 g/mol. The molecule has 13 atom stereocenters. The molecule has 0 bridgehead atoms. The van der Waals surface area contributed by atoms with Crippen molar-refractivity contribution in [2.45, 2.75) is 274 Å². The Kier molecular flexibility index (Phi) is 36.5. The highest BCUT2D eigenvalue weighted by atomic mass is 16.6. The second-order valence-electron chi connectivity index (χ2n) is 30.4. The molecule has 0 unspecified atom stereocenters. The maximum atomic E-state index is 15.4. The molecule has 0 radical (unpaired) electrons. The molecule has 1 heterocycles. The highest BCUT2D eigenvalue weighted by molar-refractivity contribution is 6.06. The van der Waals surface area contributed by atoms with Gasteiger partial charge >= 0.3 is 12.1 Å². The lowest BCUT2D eigenvalue weighted by atomic mass is 9.90. The first-order valence-corrected chi connectivity index (χ1v) is 35.1. The second kappa shape index (κ2) is 40.2. The van der Waals surface area contributed by atoms with Crippen LogP contribution in [0.3, 0.4) is 0 Å². The molecule has 0 spiro atoms. The van der Waals surface area contributed by atoms with Crippen LogP contribution in [0.25, 0.3) is 0 Å². The normalized spacial score (nSPS) is 25.6. The van der Waals surface area contributed by atoms with Crippen LogP contribution in [0.15, 0.2) is 0 Å². The number of carbonyl (C=O) groups is 13. The predicted molar refractivity (Wildman–Crippen MR) is 373 cm³/mol. The fraction of sp³-hybridized carbons (Fsp3) is 0.814. The number of nitrogens with zero attached hydrogens (tertiary/aromatic N) is 7. The summed E-state index contributed by atoms with van der Waals surface area (Å²) in [6.07, 6.45) is 0.637. The summed E-state index contributed by atoms with van der Waals surface area (Å²) in [6.45, 7) is 32.8. The fourth-order valence-electron chi connectivity index (χ4n) is 12.1. The number of aliphatic hydroxyl groups excluding tert-OH is 1. The zero-order chi connectivity index (χ0) is 76.0. The van der Waals surface area contributed by atoms with Crippen molar-refractivity contribution < 1.29 is 77.3 Å². The maximum absolute atomic E-state index is 15.4.